The number of nitrogens with zero attached hydrogens (tertiary/aromatic N) is 2. The van der Waals surface area contributed by atoms with Gasteiger partial charge in [0.05, 0.1) is 12.7 Å². The van der Waals surface area contributed by atoms with Crippen LogP contribution < -0.4 is 5.32 Å². The van der Waals surface area contributed by atoms with Crippen molar-refractivity contribution >= 4 is 11.7 Å². The maximum atomic E-state index is 11.6. The fourth-order valence-corrected chi connectivity index (χ4v) is 1.39. The summed E-state index contributed by atoms with van der Waals surface area (Å²) in [5.74, 6) is -0.0614. The van der Waals surface area contributed by atoms with Crippen molar-refractivity contribution in [3.63, 3.8) is 0 Å². The van der Waals surface area contributed by atoms with Crippen molar-refractivity contribution in [2.45, 2.75) is 33.6 Å². The van der Waals surface area contributed by atoms with Gasteiger partial charge in [0.25, 0.3) is 0 Å². The number of carbonyl (C=O) groups is 2. The van der Waals surface area contributed by atoms with E-state index in [1.54, 1.807) is 10.9 Å². The Hall–Kier alpha value is -1.65. The molecule has 1 aromatic heterocycles. The van der Waals surface area contributed by atoms with Gasteiger partial charge >= 0.3 is 0 Å². The van der Waals surface area contributed by atoms with Crippen molar-refractivity contribution in [2.75, 3.05) is 6.54 Å². The number of Topliss-reactive ketones (excluding diaryl/α,β-unsaturated/α-hetero) is 1. The van der Waals surface area contributed by atoms with Gasteiger partial charge in [0.15, 0.2) is 5.78 Å². The summed E-state index contributed by atoms with van der Waals surface area (Å²) in [5.41, 5.74) is 0.617. The van der Waals surface area contributed by atoms with Crippen molar-refractivity contribution in [3.05, 3.63) is 18.0 Å². The maximum absolute atomic E-state index is 11.6. The molecular formula is C13H21N3O2. The molecule has 0 atom stereocenters. The van der Waals surface area contributed by atoms with Crippen molar-refractivity contribution < 1.29 is 9.59 Å². The lowest BCUT2D eigenvalue weighted by Crippen LogP contribution is -2.35. The topological polar surface area (TPSA) is 64.0 Å². The zero-order chi connectivity index (χ0) is 13.8. The third kappa shape index (κ3) is 4.69. The van der Waals surface area contributed by atoms with E-state index in [-0.39, 0.29) is 18.2 Å². The molecule has 0 saturated carbocycles. The number of aryl methyl sites for hydroxylation is 2. The van der Waals surface area contributed by atoms with Gasteiger partial charge < -0.3 is 5.32 Å². The Morgan fingerprint density at radius 3 is 2.56 bits per heavy atom. The molecule has 5 nitrogen and oxygen atoms in total. The van der Waals surface area contributed by atoms with Crippen molar-refractivity contribution in [1.82, 2.24) is 15.1 Å². The number of ketones is 1. The van der Waals surface area contributed by atoms with E-state index in [1.807, 2.05) is 34.0 Å². The van der Waals surface area contributed by atoms with Crippen LogP contribution in [0.3, 0.4) is 0 Å². The maximum Gasteiger partial charge on any atom is 0.220 e. The highest BCUT2D eigenvalue weighted by atomic mass is 16.2. The van der Waals surface area contributed by atoms with Crippen molar-refractivity contribution in [2.24, 2.45) is 12.5 Å². The highest BCUT2D eigenvalue weighted by molar-refractivity contribution is 5.89. The molecule has 0 spiro atoms. The first-order valence-corrected chi connectivity index (χ1v) is 6.06. The summed E-state index contributed by atoms with van der Waals surface area (Å²) in [7, 11) is 1.84. The highest BCUT2D eigenvalue weighted by Crippen LogP contribution is 2.13. The van der Waals surface area contributed by atoms with Crippen LogP contribution in [0.4, 0.5) is 0 Å². The van der Waals surface area contributed by atoms with Crippen LogP contribution in [-0.4, -0.2) is 28.0 Å². The van der Waals surface area contributed by atoms with Crippen LogP contribution >= 0.6 is 0 Å². The Bertz CT molecular complexity index is 430. The second-order valence-corrected chi connectivity index (χ2v) is 5.47. The molecule has 0 aliphatic rings. The molecule has 1 rings (SSSR count). The molecule has 0 radical (unpaired) electrons. The monoisotopic (exact) mass is 251 g/mol. The fraction of sp³-hybridized carbons (Fsp3) is 0.615. The van der Waals surface area contributed by atoms with Gasteiger partial charge in [0.2, 0.25) is 5.91 Å². The predicted molar refractivity (Wildman–Crippen MR) is 69.0 cm³/mol. The van der Waals surface area contributed by atoms with Crippen LogP contribution in [0.1, 0.15) is 32.8 Å². The Labute approximate surface area is 108 Å². The van der Waals surface area contributed by atoms with Crippen LogP contribution in [-0.2, 0) is 23.1 Å². The van der Waals surface area contributed by atoms with E-state index in [2.05, 4.69) is 10.4 Å². The van der Waals surface area contributed by atoms with Crippen LogP contribution in [0, 0.1) is 5.41 Å². The van der Waals surface area contributed by atoms with Crippen LogP contribution in [0.5, 0.6) is 0 Å². The first kappa shape index (κ1) is 14.4. The quantitative estimate of drug-likeness (QED) is 0.851. The van der Waals surface area contributed by atoms with E-state index in [0.29, 0.717) is 12.8 Å². The van der Waals surface area contributed by atoms with E-state index in [4.69, 9.17) is 0 Å². The molecule has 0 fully saturated rings. The van der Waals surface area contributed by atoms with Crippen molar-refractivity contribution in [3.8, 4) is 0 Å². The lowest BCUT2D eigenvalue weighted by atomic mass is 9.91. The first-order valence-electron chi connectivity index (χ1n) is 6.06. The smallest absolute Gasteiger partial charge is 0.220 e. The minimum Gasteiger partial charge on any atom is -0.349 e. The summed E-state index contributed by atoms with van der Waals surface area (Å²) < 4.78 is 1.70. The van der Waals surface area contributed by atoms with Gasteiger partial charge in [-0.25, -0.2) is 0 Å². The van der Waals surface area contributed by atoms with E-state index in [1.165, 1.54) is 0 Å². The van der Waals surface area contributed by atoms with E-state index in [9.17, 15) is 9.59 Å². The number of hydrogen-bond acceptors (Lipinski definition) is 3. The van der Waals surface area contributed by atoms with Gasteiger partial charge in [-0.05, 0) is 12.0 Å². The normalized spacial score (nSPS) is 11.3. The molecule has 100 valence electrons. The molecule has 5 heteroatoms. The van der Waals surface area contributed by atoms with Gasteiger partial charge in [-0.15, -0.1) is 0 Å². The number of hydrogen-bond donors (Lipinski definition) is 1. The molecule has 0 unspecified atom stereocenters. The molecule has 0 aromatic carbocycles. The molecule has 0 aliphatic heterocycles. The first-order chi connectivity index (χ1) is 8.29. The average molecular weight is 251 g/mol. The summed E-state index contributed by atoms with van der Waals surface area (Å²) in [4.78, 5) is 23.2. The van der Waals surface area contributed by atoms with Crippen molar-refractivity contribution in [1.29, 1.82) is 0 Å². The second kappa shape index (κ2) is 5.80. The minimum atomic E-state index is -0.406. The summed E-state index contributed by atoms with van der Waals surface area (Å²) in [6.07, 6.45) is 4.65. The third-order valence-electron chi connectivity index (χ3n) is 2.68. The lowest BCUT2D eigenvalue weighted by molar-refractivity contribution is -0.129. The molecule has 0 saturated heterocycles. The zero-order valence-electron chi connectivity index (χ0n) is 11.5. The Balaban J connectivity index is 2.28. The van der Waals surface area contributed by atoms with Gasteiger partial charge in [-0.1, -0.05) is 20.8 Å². The summed E-state index contributed by atoms with van der Waals surface area (Å²) >= 11 is 0. The summed E-state index contributed by atoms with van der Waals surface area (Å²) in [5, 5.41) is 6.68. The fourth-order valence-electron chi connectivity index (χ4n) is 1.39. The molecule has 0 bridgehead atoms. The highest BCUT2D eigenvalue weighted by Gasteiger charge is 2.21. The third-order valence-corrected chi connectivity index (χ3v) is 2.68. The van der Waals surface area contributed by atoms with Crippen LogP contribution in [0.25, 0.3) is 0 Å². The minimum absolute atomic E-state index is 0.0391. The lowest BCUT2D eigenvalue weighted by Gasteiger charge is -2.16. The number of aromatic nitrogens is 2. The molecule has 1 amide bonds. The largest absolute Gasteiger partial charge is 0.349 e. The van der Waals surface area contributed by atoms with E-state index < -0.39 is 5.41 Å². The number of nitrogens with one attached hydrogen (secondary N) is 1. The Kier molecular flexibility index (Phi) is 4.64. The van der Waals surface area contributed by atoms with E-state index in [0.717, 1.165) is 5.56 Å². The molecule has 18 heavy (non-hydrogen) atoms. The van der Waals surface area contributed by atoms with Gasteiger partial charge in [-0.2, -0.15) is 5.10 Å². The van der Waals surface area contributed by atoms with Gasteiger partial charge in [-0.3, -0.25) is 14.3 Å². The predicted octanol–water partition coefficient (Wildman–Crippen LogP) is 1.08. The summed E-state index contributed by atoms with van der Waals surface area (Å²) in [6, 6.07) is 0. The molecule has 1 N–H and O–H groups in total. The Morgan fingerprint density at radius 1 is 1.39 bits per heavy atom. The molecular weight excluding hydrogens is 230 g/mol. The molecule has 1 aromatic rings. The van der Waals surface area contributed by atoms with Crippen LogP contribution in [0.15, 0.2) is 12.4 Å². The van der Waals surface area contributed by atoms with Crippen LogP contribution in [0.2, 0.25) is 0 Å². The number of amides is 1. The SMILES string of the molecule is Cn1cc(CCC(=O)NCC(=O)C(C)(C)C)cn1. The number of carbonyl (C=O) groups excluding carboxylic acids is 2. The molecule has 1 heterocycles. The van der Waals surface area contributed by atoms with E-state index >= 15 is 0 Å². The second-order valence-electron chi connectivity index (χ2n) is 5.47. The zero-order valence-corrected chi connectivity index (χ0v) is 11.5. The average Bonchev–Trinajstić information content (AvgIpc) is 2.67. The summed E-state index contributed by atoms with van der Waals surface area (Å²) in [6.45, 7) is 5.64. The molecule has 0 aliphatic carbocycles. The standard InChI is InChI=1S/C13H21N3O2/c1-13(2,3)11(17)8-14-12(18)6-5-10-7-15-16(4)9-10/h7,9H,5-6,8H2,1-4H3,(H,14,18). The van der Waals surface area contributed by atoms with Gasteiger partial charge in [0.1, 0.15) is 0 Å². The Morgan fingerprint density at radius 2 is 2.06 bits per heavy atom. The van der Waals surface area contributed by atoms with Gasteiger partial charge in [0, 0.05) is 25.1 Å². The number of rotatable bonds is 5.